The minimum absolute atomic E-state index is 0.0360. The number of carbonyl (C=O) groups is 1. The van der Waals surface area contributed by atoms with E-state index in [-0.39, 0.29) is 18.1 Å². The predicted octanol–water partition coefficient (Wildman–Crippen LogP) is 2.12. The molecule has 128 valence electrons. The molecule has 1 fully saturated rings. The van der Waals surface area contributed by atoms with Gasteiger partial charge in [-0.05, 0) is 30.9 Å². The molecular formula is C19H20N4O2. The zero-order chi connectivity index (χ0) is 17.2. The van der Waals surface area contributed by atoms with Crippen LogP contribution >= 0.6 is 0 Å². The van der Waals surface area contributed by atoms with E-state index >= 15 is 0 Å². The van der Waals surface area contributed by atoms with Crippen LogP contribution in [-0.4, -0.2) is 37.7 Å². The van der Waals surface area contributed by atoms with Crippen LogP contribution in [0.3, 0.4) is 0 Å². The first-order valence-corrected chi connectivity index (χ1v) is 8.53. The predicted molar refractivity (Wildman–Crippen MR) is 94.2 cm³/mol. The summed E-state index contributed by atoms with van der Waals surface area (Å²) in [4.78, 5) is 21.2. The lowest BCUT2D eigenvalue weighted by atomic mass is 10.2. The number of rotatable bonds is 4. The molecule has 1 saturated carbocycles. The third-order valence-electron chi connectivity index (χ3n) is 4.65. The number of aliphatic hydroxyl groups is 1. The molecule has 2 atom stereocenters. The number of pyridine rings is 1. The molecule has 6 heteroatoms. The second-order valence-electron chi connectivity index (χ2n) is 6.56. The van der Waals surface area contributed by atoms with Gasteiger partial charge in [0, 0.05) is 12.2 Å². The van der Waals surface area contributed by atoms with Crippen molar-refractivity contribution in [3.63, 3.8) is 0 Å². The maximum Gasteiger partial charge on any atom is 0.253 e. The van der Waals surface area contributed by atoms with E-state index in [1.165, 1.54) is 5.56 Å². The Morgan fingerprint density at radius 3 is 2.84 bits per heavy atom. The molecular weight excluding hydrogens is 316 g/mol. The van der Waals surface area contributed by atoms with Crippen LogP contribution in [0.25, 0.3) is 11.2 Å². The Balaban J connectivity index is 1.52. The van der Waals surface area contributed by atoms with E-state index in [1.807, 2.05) is 22.8 Å². The number of aliphatic hydroxyl groups excluding tert-OH is 1. The fourth-order valence-corrected chi connectivity index (χ4v) is 3.33. The smallest absolute Gasteiger partial charge is 0.253 e. The molecule has 0 radical (unpaired) electrons. The van der Waals surface area contributed by atoms with Crippen molar-refractivity contribution < 1.29 is 9.90 Å². The van der Waals surface area contributed by atoms with Crippen LogP contribution < -0.4 is 5.32 Å². The Labute approximate surface area is 145 Å². The van der Waals surface area contributed by atoms with Crippen LogP contribution in [-0.2, 0) is 6.54 Å². The number of nitrogens with one attached hydrogen (secondary N) is 1. The quantitative estimate of drug-likeness (QED) is 0.765. The Bertz CT molecular complexity index is 891. The molecule has 0 saturated heterocycles. The normalized spacial score (nSPS) is 20.0. The first-order chi connectivity index (χ1) is 12.2. The lowest BCUT2D eigenvalue weighted by Gasteiger charge is -2.12. The van der Waals surface area contributed by atoms with Gasteiger partial charge in [-0.2, -0.15) is 0 Å². The lowest BCUT2D eigenvalue weighted by molar-refractivity contribution is 0.0933. The van der Waals surface area contributed by atoms with E-state index in [4.69, 9.17) is 0 Å². The van der Waals surface area contributed by atoms with Crippen molar-refractivity contribution in [3.8, 4) is 0 Å². The molecule has 1 aliphatic rings. The molecule has 0 aliphatic heterocycles. The summed E-state index contributed by atoms with van der Waals surface area (Å²) in [5, 5.41) is 12.5. The third kappa shape index (κ3) is 3.39. The van der Waals surface area contributed by atoms with Gasteiger partial charge in [0.1, 0.15) is 5.52 Å². The molecule has 1 amide bonds. The number of benzene rings is 1. The van der Waals surface area contributed by atoms with E-state index in [2.05, 4.69) is 27.4 Å². The number of nitrogens with zero attached hydrogens (tertiary/aromatic N) is 3. The fraction of sp³-hybridized carbons (Fsp3) is 0.316. The molecule has 0 spiro atoms. The van der Waals surface area contributed by atoms with Crippen LogP contribution in [0.15, 0.2) is 48.9 Å². The lowest BCUT2D eigenvalue weighted by Crippen LogP contribution is -2.33. The van der Waals surface area contributed by atoms with Gasteiger partial charge in [0.15, 0.2) is 5.65 Å². The molecule has 6 nitrogen and oxygen atoms in total. The van der Waals surface area contributed by atoms with Gasteiger partial charge >= 0.3 is 0 Å². The van der Waals surface area contributed by atoms with E-state index in [0.717, 1.165) is 18.5 Å². The highest BCUT2D eigenvalue weighted by atomic mass is 16.3. The first kappa shape index (κ1) is 15.8. The second kappa shape index (κ2) is 6.64. The molecule has 4 rings (SSSR count). The number of hydrogen-bond acceptors (Lipinski definition) is 4. The average Bonchev–Trinajstić information content (AvgIpc) is 3.22. The zero-order valence-electron chi connectivity index (χ0n) is 13.8. The highest BCUT2D eigenvalue weighted by Crippen LogP contribution is 2.20. The molecule has 0 unspecified atom stereocenters. The second-order valence-corrected chi connectivity index (χ2v) is 6.56. The van der Waals surface area contributed by atoms with Gasteiger partial charge < -0.3 is 15.0 Å². The highest BCUT2D eigenvalue weighted by molar-refractivity contribution is 5.96. The number of aromatic nitrogens is 3. The van der Waals surface area contributed by atoms with Gasteiger partial charge in [-0.1, -0.05) is 30.3 Å². The van der Waals surface area contributed by atoms with Gasteiger partial charge in [0.2, 0.25) is 0 Å². The summed E-state index contributed by atoms with van der Waals surface area (Å²) in [5.41, 5.74) is 3.13. The molecule has 3 aromatic rings. The summed E-state index contributed by atoms with van der Waals surface area (Å²) in [6.45, 7) is 0.690. The number of hydrogen-bond donors (Lipinski definition) is 2. The topological polar surface area (TPSA) is 80.0 Å². The Morgan fingerprint density at radius 1 is 1.24 bits per heavy atom. The van der Waals surface area contributed by atoms with Crippen molar-refractivity contribution in [2.45, 2.75) is 38.0 Å². The third-order valence-corrected chi connectivity index (χ3v) is 4.65. The number of amides is 1. The summed E-state index contributed by atoms with van der Waals surface area (Å²) in [7, 11) is 0. The minimum Gasteiger partial charge on any atom is -0.393 e. The summed E-state index contributed by atoms with van der Waals surface area (Å²) in [5.74, 6) is -0.161. The molecule has 2 aromatic heterocycles. The summed E-state index contributed by atoms with van der Waals surface area (Å²) in [6, 6.07) is 11.9. The van der Waals surface area contributed by atoms with E-state index < -0.39 is 0 Å². The largest absolute Gasteiger partial charge is 0.393 e. The van der Waals surface area contributed by atoms with E-state index in [0.29, 0.717) is 24.0 Å². The van der Waals surface area contributed by atoms with Crippen molar-refractivity contribution >= 4 is 17.1 Å². The summed E-state index contributed by atoms with van der Waals surface area (Å²) < 4.78 is 1.97. The fourth-order valence-electron chi connectivity index (χ4n) is 3.33. The minimum atomic E-state index is -0.306. The van der Waals surface area contributed by atoms with E-state index in [9.17, 15) is 9.90 Å². The van der Waals surface area contributed by atoms with Crippen LogP contribution in [0.4, 0.5) is 0 Å². The Hall–Kier alpha value is -2.73. The van der Waals surface area contributed by atoms with E-state index in [1.54, 1.807) is 18.6 Å². The van der Waals surface area contributed by atoms with Gasteiger partial charge in [-0.25, -0.2) is 9.97 Å². The highest BCUT2D eigenvalue weighted by Gasteiger charge is 2.24. The zero-order valence-corrected chi connectivity index (χ0v) is 13.8. The Morgan fingerprint density at radius 2 is 2.08 bits per heavy atom. The van der Waals surface area contributed by atoms with Gasteiger partial charge in [0.05, 0.1) is 24.5 Å². The van der Waals surface area contributed by atoms with Gasteiger partial charge in [0.25, 0.3) is 5.91 Å². The number of carbonyl (C=O) groups excluding carboxylic acids is 1. The molecule has 2 N–H and O–H groups in total. The molecule has 1 aromatic carbocycles. The molecule has 1 aliphatic carbocycles. The van der Waals surface area contributed by atoms with Crippen molar-refractivity contribution in [3.05, 3.63) is 60.0 Å². The molecule has 0 bridgehead atoms. The maximum absolute atomic E-state index is 12.4. The van der Waals surface area contributed by atoms with Gasteiger partial charge in [-0.3, -0.25) is 4.79 Å². The number of fused-ring (bicyclic) bond motifs is 1. The SMILES string of the molecule is O=C(N[C@@H]1CC[C@H](O)C1)c1cnc2c(c1)ncn2Cc1ccccc1. The van der Waals surface area contributed by atoms with Crippen molar-refractivity contribution in [1.82, 2.24) is 19.9 Å². The van der Waals surface area contributed by atoms with Crippen LogP contribution in [0.5, 0.6) is 0 Å². The van der Waals surface area contributed by atoms with Gasteiger partial charge in [-0.15, -0.1) is 0 Å². The summed E-state index contributed by atoms with van der Waals surface area (Å²) in [6.07, 6.45) is 5.21. The van der Waals surface area contributed by atoms with Crippen molar-refractivity contribution in [1.29, 1.82) is 0 Å². The van der Waals surface area contributed by atoms with Crippen molar-refractivity contribution in [2.75, 3.05) is 0 Å². The standard InChI is InChI=1S/C19H20N4O2/c24-16-7-6-15(9-16)22-19(25)14-8-17-18(20-10-14)23(12-21-17)11-13-4-2-1-3-5-13/h1-5,8,10,12,15-16,24H,6-7,9,11H2,(H,22,25)/t15-,16+/m1/s1. The molecule has 25 heavy (non-hydrogen) atoms. The van der Waals surface area contributed by atoms with Crippen LogP contribution in [0, 0.1) is 0 Å². The van der Waals surface area contributed by atoms with Crippen LogP contribution in [0.2, 0.25) is 0 Å². The summed E-state index contributed by atoms with van der Waals surface area (Å²) >= 11 is 0. The van der Waals surface area contributed by atoms with Crippen LogP contribution in [0.1, 0.15) is 35.2 Å². The molecule has 2 heterocycles. The monoisotopic (exact) mass is 336 g/mol. The Kier molecular flexibility index (Phi) is 4.19. The average molecular weight is 336 g/mol. The first-order valence-electron chi connectivity index (χ1n) is 8.53. The number of imidazole rings is 1. The van der Waals surface area contributed by atoms with Crippen molar-refractivity contribution in [2.24, 2.45) is 0 Å². The maximum atomic E-state index is 12.4.